The van der Waals surface area contributed by atoms with Crippen molar-refractivity contribution >= 4 is 17.2 Å². The van der Waals surface area contributed by atoms with Gasteiger partial charge < -0.3 is 10.8 Å². The fourth-order valence-electron chi connectivity index (χ4n) is 1.21. The van der Waals surface area contributed by atoms with Crippen LogP contribution in [0.5, 0.6) is 0 Å². The standard InChI is InChI=1S/C8H10N4OS/c9-8-6(7-4-10-5-14-7)3-11-12(8)1-2-13/h3-5,13H,1-2,9H2. The van der Waals surface area contributed by atoms with Gasteiger partial charge in [-0.1, -0.05) is 0 Å². The summed E-state index contributed by atoms with van der Waals surface area (Å²) in [6.45, 7) is 0.457. The molecule has 0 bridgehead atoms. The SMILES string of the molecule is Nc1c(-c2cncs2)cnn1CCO. The number of thiazole rings is 1. The van der Waals surface area contributed by atoms with Crippen LogP contribution >= 0.6 is 11.3 Å². The second-order valence-electron chi connectivity index (χ2n) is 2.76. The Labute approximate surface area is 84.8 Å². The van der Waals surface area contributed by atoms with Gasteiger partial charge in [0.25, 0.3) is 0 Å². The van der Waals surface area contributed by atoms with Gasteiger partial charge in [0.15, 0.2) is 0 Å². The molecule has 2 rings (SSSR count). The van der Waals surface area contributed by atoms with E-state index >= 15 is 0 Å². The number of nitrogens with zero attached hydrogens (tertiary/aromatic N) is 3. The zero-order valence-electron chi connectivity index (χ0n) is 7.42. The van der Waals surface area contributed by atoms with Crippen molar-refractivity contribution in [1.82, 2.24) is 14.8 Å². The molecule has 74 valence electrons. The largest absolute Gasteiger partial charge is 0.394 e. The van der Waals surface area contributed by atoms with Gasteiger partial charge in [0.1, 0.15) is 5.82 Å². The Morgan fingerprint density at radius 2 is 2.36 bits per heavy atom. The number of aromatic nitrogens is 3. The minimum Gasteiger partial charge on any atom is -0.394 e. The lowest BCUT2D eigenvalue weighted by Gasteiger charge is -2.00. The average molecular weight is 210 g/mol. The first-order valence-electron chi connectivity index (χ1n) is 4.14. The Balaban J connectivity index is 2.36. The van der Waals surface area contributed by atoms with Crippen LogP contribution in [0.4, 0.5) is 5.82 Å². The average Bonchev–Trinajstić information content (AvgIpc) is 2.77. The number of nitrogens with two attached hydrogens (primary N) is 1. The highest BCUT2D eigenvalue weighted by atomic mass is 32.1. The third-order valence-corrected chi connectivity index (χ3v) is 2.70. The van der Waals surface area contributed by atoms with E-state index in [1.165, 1.54) is 11.3 Å². The zero-order chi connectivity index (χ0) is 9.97. The molecule has 3 N–H and O–H groups in total. The first kappa shape index (κ1) is 9.17. The molecule has 0 saturated heterocycles. The number of hydrogen-bond donors (Lipinski definition) is 2. The molecule has 0 aliphatic carbocycles. The molecule has 0 aliphatic rings. The molecule has 0 amide bonds. The molecule has 0 aliphatic heterocycles. The van der Waals surface area contributed by atoms with E-state index in [-0.39, 0.29) is 6.61 Å². The number of anilines is 1. The second-order valence-corrected chi connectivity index (χ2v) is 3.64. The summed E-state index contributed by atoms with van der Waals surface area (Å²) in [5.74, 6) is 0.573. The third kappa shape index (κ3) is 1.49. The molecule has 0 unspecified atom stereocenters. The summed E-state index contributed by atoms with van der Waals surface area (Å²) < 4.78 is 1.58. The number of aliphatic hydroxyl groups excluding tert-OH is 1. The molecule has 2 heterocycles. The molecule has 2 aromatic heterocycles. The van der Waals surface area contributed by atoms with Crippen molar-refractivity contribution in [3.05, 3.63) is 17.9 Å². The van der Waals surface area contributed by atoms with Crippen LogP contribution in [0.3, 0.4) is 0 Å². The van der Waals surface area contributed by atoms with Gasteiger partial charge in [0.05, 0.1) is 35.3 Å². The molecular formula is C8H10N4OS. The fourth-order valence-corrected chi connectivity index (χ4v) is 1.85. The van der Waals surface area contributed by atoms with E-state index in [2.05, 4.69) is 10.1 Å². The Kier molecular flexibility index (Phi) is 2.47. The normalized spacial score (nSPS) is 10.6. The van der Waals surface area contributed by atoms with E-state index in [4.69, 9.17) is 10.8 Å². The molecule has 0 spiro atoms. The second kappa shape index (κ2) is 3.77. The number of rotatable bonds is 3. The summed E-state index contributed by atoms with van der Waals surface area (Å²) in [6, 6.07) is 0. The van der Waals surface area contributed by atoms with Gasteiger partial charge in [-0.15, -0.1) is 11.3 Å². The summed E-state index contributed by atoms with van der Waals surface area (Å²) in [5.41, 5.74) is 8.47. The van der Waals surface area contributed by atoms with E-state index in [9.17, 15) is 0 Å². The van der Waals surface area contributed by atoms with Crippen LogP contribution in [-0.4, -0.2) is 26.5 Å². The minimum atomic E-state index is 0.0357. The summed E-state index contributed by atoms with van der Waals surface area (Å²) in [4.78, 5) is 4.96. The summed E-state index contributed by atoms with van der Waals surface area (Å²) in [6.07, 6.45) is 3.44. The molecule has 0 aromatic carbocycles. The van der Waals surface area contributed by atoms with Crippen molar-refractivity contribution in [1.29, 1.82) is 0 Å². The molecule has 0 saturated carbocycles. The van der Waals surface area contributed by atoms with Crippen LogP contribution < -0.4 is 5.73 Å². The van der Waals surface area contributed by atoms with Crippen molar-refractivity contribution in [2.24, 2.45) is 0 Å². The van der Waals surface area contributed by atoms with Crippen LogP contribution in [0.2, 0.25) is 0 Å². The summed E-state index contributed by atoms with van der Waals surface area (Å²) >= 11 is 1.51. The number of hydrogen-bond acceptors (Lipinski definition) is 5. The Morgan fingerprint density at radius 1 is 1.50 bits per heavy atom. The van der Waals surface area contributed by atoms with Crippen molar-refractivity contribution in [2.75, 3.05) is 12.3 Å². The van der Waals surface area contributed by atoms with Gasteiger partial charge in [-0.05, 0) is 0 Å². The Hall–Kier alpha value is -1.40. The maximum Gasteiger partial charge on any atom is 0.130 e. The van der Waals surface area contributed by atoms with E-state index < -0.39 is 0 Å². The lowest BCUT2D eigenvalue weighted by molar-refractivity contribution is 0.270. The highest BCUT2D eigenvalue weighted by Crippen LogP contribution is 2.28. The van der Waals surface area contributed by atoms with E-state index in [0.717, 1.165) is 10.4 Å². The van der Waals surface area contributed by atoms with Crippen LogP contribution in [0, 0.1) is 0 Å². The highest BCUT2D eigenvalue weighted by molar-refractivity contribution is 7.13. The van der Waals surface area contributed by atoms with Crippen LogP contribution in [0.25, 0.3) is 10.4 Å². The van der Waals surface area contributed by atoms with E-state index in [1.54, 1.807) is 22.6 Å². The van der Waals surface area contributed by atoms with Gasteiger partial charge in [0, 0.05) is 6.20 Å². The lowest BCUT2D eigenvalue weighted by atomic mass is 10.3. The van der Waals surface area contributed by atoms with Gasteiger partial charge in [-0.2, -0.15) is 5.10 Å². The quantitative estimate of drug-likeness (QED) is 0.777. The number of nitrogen functional groups attached to an aromatic ring is 1. The predicted octanol–water partition coefficient (Wildman–Crippen LogP) is 0.581. The maximum atomic E-state index is 8.76. The Morgan fingerprint density at radius 3 is 3.00 bits per heavy atom. The van der Waals surface area contributed by atoms with E-state index in [0.29, 0.717) is 12.4 Å². The molecule has 0 fully saturated rings. The smallest absolute Gasteiger partial charge is 0.130 e. The molecule has 5 nitrogen and oxygen atoms in total. The van der Waals surface area contributed by atoms with Gasteiger partial charge in [-0.25, -0.2) is 4.68 Å². The summed E-state index contributed by atoms with van der Waals surface area (Å²) in [7, 11) is 0. The zero-order valence-corrected chi connectivity index (χ0v) is 8.24. The van der Waals surface area contributed by atoms with Crippen molar-refractivity contribution in [2.45, 2.75) is 6.54 Å². The first-order chi connectivity index (χ1) is 6.83. The topological polar surface area (TPSA) is 77.0 Å². The van der Waals surface area contributed by atoms with Crippen LogP contribution in [0.15, 0.2) is 17.9 Å². The first-order valence-corrected chi connectivity index (χ1v) is 5.02. The fraction of sp³-hybridized carbons (Fsp3) is 0.250. The highest BCUT2D eigenvalue weighted by Gasteiger charge is 2.09. The molecule has 2 aromatic rings. The van der Waals surface area contributed by atoms with Gasteiger partial charge in [-0.3, -0.25) is 4.98 Å². The number of aliphatic hydroxyl groups is 1. The van der Waals surface area contributed by atoms with E-state index in [1.807, 2.05) is 0 Å². The molecule has 0 atom stereocenters. The van der Waals surface area contributed by atoms with Gasteiger partial charge >= 0.3 is 0 Å². The molecule has 14 heavy (non-hydrogen) atoms. The molecule has 0 radical (unpaired) electrons. The maximum absolute atomic E-state index is 8.76. The summed E-state index contributed by atoms with van der Waals surface area (Å²) in [5, 5.41) is 12.8. The Bertz CT molecular complexity index is 409. The van der Waals surface area contributed by atoms with Crippen molar-refractivity contribution in [3.63, 3.8) is 0 Å². The van der Waals surface area contributed by atoms with Gasteiger partial charge in [0.2, 0.25) is 0 Å². The van der Waals surface area contributed by atoms with Crippen LogP contribution in [0.1, 0.15) is 0 Å². The predicted molar refractivity (Wildman–Crippen MR) is 54.8 cm³/mol. The molecule has 6 heteroatoms. The lowest BCUT2D eigenvalue weighted by Crippen LogP contribution is -2.07. The van der Waals surface area contributed by atoms with Crippen molar-refractivity contribution < 1.29 is 5.11 Å². The third-order valence-electron chi connectivity index (χ3n) is 1.89. The monoisotopic (exact) mass is 210 g/mol. The van der Waals surface area contributed by atoms with Crippen molar-refractivity contribution in [3.8, 4) is 10.4 Å². The van der Waals surface area contributed by atoms with Crippen LogP contribution in [-0.2, 0) is 6.54 Å². The molecular weight excluding hydrogens is 200 g/mol. The minimum absolute atomic E-state index is 0.0357.